The van der Waals surface area contributed by atoms with Gasteiger partial charge in [0.2, 0.25) is 0 Å². The van der Waals surface area contributed by atoms with E-state index in [1.165, 1.54) is 6.33 Å². The molecule has 168 valence electrons. The number of hydrogen-bond donors (Lipinski definition) is 2. The second-order valence-electron chi connectivity index (χ2n) is 7.36. The van der Waals surface area contributed by atoms with Gasteiger partial charge < -0.3 is 15.2 Å². The van der Waals surface area contributed by atoms with E-state index in [9.17, 15) is 5.11 Å². The van der Waals surface area contributed by atoms with Gasteiger partial charge in [-0.05, 0) is 54.6 Å². The summed E-state index contributed by atoms with van der Waals surface area (Å²) in [5.74, 6) is 1.62. The molecule has 0 unspecified atom stereocenters. The topological polar surface area (TPSA) is 80.2 Å². The molecule has 0 atom stereocenters. The number of rotatable bonds is 7. The smallest absolute Gasteiger partial charge is 0.164 e. The molecular formula is C26H19BrN4O2S. The summed E-state index contributed by atoms with van der Waals surface area (Å²) in [4.78, 5) is 15.0. The first-order valence-corrected chi connectivity index (χ1v) is 12.1. The monoisotopic (exact) mass is 530 g/mol. The fourth-order valence-electron chi connectivity index (χ4n) is 3.33. The number of halogens is 1. The average Bonchev–Trinajstić information content (AvgIpc) is 2.86. The molecule has 5 rings (SSSR count). The molecule has 0 amide bonds. The summed E-state index contributed by atoms with van der Waals surface area (Å²) in [6.07, 6.45) is 3.21. The Morgan fingerprint density at radius 3 is 2.62 bits per heavy atom. The molecule has 0 aliphatic heterocycles. The van der Waals surface area contributed by atoms with Crippen LogP contribution in [0.1, 0.15) is 5.56 Å². The number of aromatic hydroxyl groups is 1. The summed E-state index contributed by atoms with van der Waals surface area (Å²) >= 11 is 5.15. The van der Waals surface area contributed by atoms with Gasteiger partial charge in [0.15, 0.2) is 5.65 Å². The minimum absolute atomic E-state index is 0.235. The van der Waals surface area contributed by atoms with E-state index in [2.05, 4.69) is 36.2 Å². The number of fused-ring (bicyclic) bond motifs is 1. The van der Waals surface area contributed by atoms with Gasteiger partial charge in [-0.15, -0.1) is 0 Å². The van der Waals surface area contributed by atoms with Gasteiger partial charge in [-0.3, -0.25) is 0 Å². The van der Waals surface area contributed by atoms with E-state index in [1.807, 2.05) is 66.7 Å². The maximum atomic E-state index is 9.62. The van der Waals surface area contributed by atoms with Crippen LogP contribution < -0.4 is 10.1 Å². The highest BCUT2D eigenvalue weighted by molar-refractivity contribution is 9.10. The number of ether oxygens (including phenoxy) is 1. The van der Waals surface area contributed by atoms with E-state index in [1.54, 1.807) is 30.1 Å². The minimum Gasteiger partial charge on any atom is -0.508 e. The Hall–Kier alpha value is -3.62. The molecule has 2 heterocycles. The summed E-state index contributed by atoms with van der Waals surface area (Å²) < 4.78 is 7.11. The predicted molar refractivity (Wildman–Crippen MR) is 138 cm³/mol. The lowest BCUT2D eigenvalue weighted by Crippen LogP contribution is -2.00. The van der Waals surface area contributed by atoms with Crippen LogP contribution in [0.3, 0.4) is 0 Å². The van der Waals surface area contributed by atoms with Crippen molar-refractivity contribution in [1.82, 2.24) is 15.0 Å². The zero-order valence-corrected chi connectivity index (χ0v) is 20.3. The normalized spacial score (nSPS) is 10.9. The number of nitrogens with one attached hydrogen (secondary N) is 1. The highest BCUT2D eigenvalue weighted by atomic mass is 79.9. The second-order valence-corrected chi connectivity index (χ2v) is 9.33. The first-order valence-electron chi connectivity index (χ1n) is 10.5. The zero-order chi connectivity index (χ0) is 23.3. The largest absolute Gasteiger partial charge is 0.508 e. The van der Waals surface area contributed by atoms with Gasteiger partial charge in [0.25, 0.3) is 0 Å². The molecule has 0 aliphatic carbocycles. The number of hydrogen-bond acceptors (Lipinski definition) is 7. The first-order chi connectivity index (χ1) is 16.7. The third kappa shape index (κ3) is 5.13. The van der Waals surface area contributed by atoms with E-state index in [0.29, 0.717) is 18.1 Å². The van der Waals surface area contributed by atoms with E-state index in [0.717, 1.165) is 36.7 Å². The summed E-state index contributed by atoms with van der Waals surface area (Å²) in [6, 6.07) is 24.8. The van der Waals surface area contributed by atoms with Crippen LogP contribution in [-0.4, -0.2) is 20.1 Å². The van der Waals surface area contributed by atoms with Gasteiger partial charge in [0, 0.05) is 32.1 Å². The van der Waals surface area contributed by atoms with Crippen molar-refractivity contribution in [3.63, 3.8) is 0 Å². The van der Waals surface area contributed by atoms with Crippen LogP contribution in [0.15, 0.2) is 106 Å². The average molecular weight is 531 g/mol. The minimum atomic E-state index is 0.235. The molecule has 8 heteroatoms. The van der Waals surface area contributed by atoms with Gasteiger partial charge in [0.1, 0.15) is 30.3 Å². The maximum absolute atomic E-state index is 9.62. The van der Waals surface area contributed by atoms with Crippen LogP contribution in [0, 0.1) is 0 Å². The van der Waals surface area contributed by atoms with Crippen molar-refractivity contribution in [3.8, 4) is 11.5 Å². The highest BCUT2D eigenvalue weighted by Crippen LogP contribution is 2.38. The third-order valence-electron chi connectivity index (χ3n) is 5.03. The number of anilines is 2. The molecule has 0 bridgehead atoms. The van der Waals surface area contributed by atoms with Gasteiger partial charge in [-0.1, -0.05) is 45.9 Å². The Labute approximate surface area is 209 Å². The molecule has 0 aliphatic rings. The van der Waals surface area contributed by atoms with Crippen molar-refractivity contribution < 1.29 is 9.84 Å². The molecule has 6 nitrogen and oxygen atoms in total. The number of aromatic nitrogens is 3. The second kappa shape index (κ2) is 10.1. The Morgan fingerprint density at radius 2 is 1.76 bits per heavy atom. The fraction of sp³-hybridized carbons (Fsp3) is 0.0385. The molecule has 0 radical (unpaired) electrons. The van der Waals surface area contributed by atoms with E-state index in [-0.39, 0.29) is 5.75 Å². The molecule has 2 N–H and O–H groups in total. The Morgan fingerprint density at radius 1 is 0.912 bits per heavy atom. The Bertz CT molecular complexity index is 1440. The molecule has 0 fully saturated rings. The molecule has 34 heavy (non-hydrogen) atoms. The van der Waals surface area contributed by atoms with E-state index < -0.39 is 0 Å². The Kier molecular flexibility index (Phi) is 6.60. The summed E-state index contributed by atoms with van der Waals surface area (Å²) in [6.45, 7) is 0.436. The van der Waals surface area contributed by atoms with Crippen LogP contribution in [-0.2, 0) is 6.61 Å². The predicted octanol–water partition coefficient (Wildman–Crippen LogP) is 6.97. The SMILES string of the molecule is Oc1ccc(Sc2ccc(OCc3ccccc3Br)cc2Nc2ncnc3ncccc23)cc1. The zero-order valence-electron chi connectivity index (χ0n) is 17.9. The van der Waals surface area contributed by atoms with Crippen LogP contribution in [0.5, 0.6) is 11.5 Å². The number of phenols is 1. The van der Waals surface area contributed by atoms with Gasteiger partial charge >= 0.3 is 0 Å². The molecule has 3 aromatic carbocycles. The standard InChI is InChI=1S/C26H19BrN4O2S/c27-22-6-2-1-4-17(22)15-33-19-9-12-24(34-20-10-7-18(32)8-11-20)23(14-19)31-26-21-5-3-13-28-25(21)29-16-30-26/h1-14,16,32H,15H2,(H,28,29,30,31). The Balaban J connectivity index is 1.48. The molecular weight excluding hydrogens is 512 g/mol. The molecule has 2 aromatic heterocycles. The highest BCUT2D eigenvalue weighted by Gasteiger charge is 2.12. The summed E-state index contributed by atoms with van der Waals surface area (Å²) in [7, 11) is 0. The lowest BCUT2D eigenvalue weighted by molar-refractivity contribution is 0.305. The molecule has 0 saturated heterocycles. The third-order valence-corrected chi connectivity index (χ3v) is 6.89. The lowest BCUT2D eigenvalue weighted by Gasteiger charge is -2.15. The first kappa shape index (κ1) is 22.2. The maximum Gasteiger partial charge on any atom is 0.164 e. The summed E-state index contributed by atoms with van der Waals surface area (Å²) in [5.41, 5.74) is 2.52. The summed E-state index contributed by atoms with van der Waals surface area (Å²) in [5, 5.41) is 13.9. The fourth-order valence-corrected chi connectivity index (χ4v) is 4.61. The van der Waals surface area contributed by atoms with Crippen molar-refractivity contribution in [2.24, 2.45) is 0 Å². The van der Waals surface area contributed by atoms with Crippen LogP contribution >= 0.6 is 27.7 Å². The van der Waals surface area contributed by atoms with Crippen molar-refractivity contribution in [3.05, 3.63) is 101 Å². The molecule has 0 saturated carbocycles. The molecule has 5 aromatic rings. The number of pyridine rings is 1. The van der Waals surface area contributed by atoms with Gasteiger partial charge in [-0.2, -0.15) is 0 Å². The van der Waals surface area contributed by atoms with Gasteiger partial charge in [-0.25, -0.2) is 15.0 Å². The van der Waals surface area contributed by atoms with Crippen molar-refractivity contribution in [1.29, 1.82) is 0 Å². The van der Waals surface area contributed by atoms with Gasteiger partial charge in [0.05, 0.1) is 11.1 Å². The van der Waals surface area contributed by atoms with Crippen molar-refractivity contribution >= 4 is 50.2 Å². The van der Waals surface area contributed by atoms with Crippen LogP contribution in [0.25, 0.3) is 11.0 Å². The van der Waals surface area contributed by atoms with E-state index >= 15 is 0 Å². The number of nitrogens with zero attached hydrogens (tertiary/aromatic N) is 3. The van der Waals surface area contributed by atoms with Crippen molar-refractivity contribution in [2.75, 3.05) is 5.32 Å². The van der Waals surface area contributed by atoms with E-state index in [4.69, 9.17) is 4.74 Å². The number of phenolic OH excluding ortho intramolecular Hbond substituents is 1. The lowest BCUT2D eigenvalue weighted by atomic mass is 10.2. The number of benzene rings is 3. The van der Waals surface area contributed by atoms with Crippen molar-refractivity contribution in [2.45, 2.75) is 16.4 Å². The quantitative estimate of drug-likeness (QED) is 0.235. The van der Waals surface area contributed by atoms with Crippen LogP contribution in [0.2, 0.25) is 0 Å². The van der Waals surface area contributed by atoms with Crippen LogP contribution in [0.4, 0.5) is 11.5 Å². The molecule has 0 spiro atoms.